The lowest BCUT2D eigenvalue weighted by atomic mass is 9.79. The van der Waals surface area contributed by atoms with E-state index in [1.54, 1.807) is 11.3 Å². The van der Waals surface area contributed by atoms with Gasteiger partial charge in [-0.2, -0.15) is 0 Å². The summed E-state index contributed by atoms with van der Waals surface area (Å²) in [5, 5.41) is 4.89. The molecule has 1 amide bonds. The van der Waals surface area contributed by atoms with Crippen LogP contribution in [0, 0.1) is 0 Å². The second kappa shape index (κ2) is 9.13. The first kappa shape index (κ1) is 22.2. The summed E-state index contributed by atoms with van der Waals surface area (Å²) in [6.45, 7) is 12.1. The Bertz CT molecular complexity index is 777. The van der Waals surface area contributed by atoms with E-state index >= 15 is 0 Å². The first-order valence-electron chi connectivity index (χ1n) is 11.1. The lowest BCUT2D eigenvalue weighted by Crippen LogP contribution is -2.62. The molecule has 4 nitrogen and oxygen atoms in total. The van der Waals surface area contributed by atoms with Crippen LogP contribution in [0.25, 0.3) is 10.2 Å². The van der Waals surface area contributed by atoms with Crippen LogP contribution in [0.2, 0.25) is 0 Å². The highest BCUT2D eigenvalue weighted by atomic mass is 32.1. The van der Waals surface area contributed by atoms with E-state index in [2.05, 4.69) is 63.0 Å². The van der Waals surface area contributed by atoms with Crippen LogP contribution in [0.5, 0.6) is 0 Å². The van der Waals surface area contributed by atoms with Crippen LogP contribution >= 0.6 is 11.3 Å². The molecule has 0 spiro atoms. The number of unbranched alkanes of at least 4 members (excludes halogenated alkanes) is 1. The number of aryl methyl sites for hydroxylation is 1. The molecule has 5 heteroatoms. The second-order valence-electron chi connectivity index (χ2n) is 9.82. The summed E-state index contributed by atoms with van der Waals surface area (Å²) in [6.07, 6.45) is 6.61. The predicted octanol–water partition coefficient (Wildman–Crippen LogP) is 5.56. The lowest BCUT2D eigenvalue weighted by molar-refractivity contribution is -0.135. The quantitative estimate of drug-likeness (QED) is 0.614. The van der Waals surface area contributed by atoms with E-state index in [4.69, 9.17) is 4.98 Å². The Hall–Kier alpha value is -1.46. The van der Waals surface area contributed by atoms with Gasteiger partial charge in [0.25, 0.3) is 0 Å². The van der Waals surface area contributed by atoms with Crippen LogP contribution in [-0.2, 0) is 11.2 Å². The fraction of sp³-hybridized carbons (Fsp3) is 0.667. The Labute approximate surface area is 180 Å². The zero-order valence-corrected chi connectivity index (χ0v) is 19.6. The number of rotatable bonds is 8. The summed E-state index contributed by atoms with van der Waals surface area (Å²) >= 11 is 1.75. The number of nitrogens with one attached hydrogen (secondary N) is 1. The Morgan fingerprint density at radius 3 is 2.52 bits per heavy atom. The van der Waals surface area contributed by atoms with Crippen molar-refractivity contribution in [3.8, 4) is 0 Å². The van der Waals surface area contributed by atoms with Crippen LogP contribution in [0.4, 0.5) is 0 Å². The van der Waals surface area contributed by atoms with Crippen LogP contribution in [0.1, 0.15) is 78.2 Å². The van der Waals surface area contributed by atoms with Gasteiger partial charge in [-0.3, -0.25) is 4.79 Å². The van der Waals surface area contributed by atoms with E-state index in [0.717, 1.165) is 55.6 Å². The van der Waals surface area contributed by atoms with Gasteiger partial charge in [0.1, 0.15) is 0 Å². The molecule has 160 valence electrons. The molecule has 1 N–H and O–H groups in total. The number of hydrogen-bond acceptors (Lipinski definition) is 4. The Morgan fingerprint density at radius 2 is 1.86 bits per heavy atom. The smallest absolute Gasteiger partial charge is 0.222 e. The molecule has 3 rings (SSSR count). The third-order valence-electron chi connectivity index (χ3n) is 5.80. The molecule has 1 aromatic heterocycles. The molecule has 0 radical (unpaired) electrons. The third kappa shape index (κ3) is 6.02. The summed E-state index contributed by atoms with van der Waals surface area (Å²) < 4.78 is 1.23. The minimum absolute atomic E-state index is 0.0537. The standard InChI is InChI=1S/C24H37N3OS/c1-6-7-15-27(18-16-23(2,3)26-24(4,5)17-18)22(28)14-10-13-21-25-19-11-8-9-12-20(19)29-21/h8-9,11-12,18,26H,6-7,10,13-17H2,1-5H3. The number of benzene rings is 1. The number of para-hydroxylation sites is 1. The van der Waals surface area contributed by atoms with Crippen molar-refractivity contribution in [1.29, 1.82) is 0 Å². The van der Waals surface area contributed by atoms with Crippen molar-refractivity contribution in [3.05, 3.63) is 29.3 Å². The minimum atomic E-state index is 0.0537. The van der Waals surface area contributed by atoms with Gasteiger partial charge >= 0.3 is 0 Å². The van der Waals surface area contributed by atoms with E-state index < -0.39 is 0 Å². The van der Waals surface area contributed by atoms with E-state index in [1.165, 1.54) is 4.70 Å². The zero-order valence-electron chi connectivity index (χ0n) is 18.8. The maximum absolute atomic E-state index is 13.2. The summed E-state index contributed by atoms with van der Waals surface area (Å²) in [5.74, 6) is 0.318. The number of nitrogens with zero attached hydrogens (tertiary/aromatic N) is 2. The van der Waals surface area contributed by atoms with Gasteiger partial charge in [-0.15, -0.1) is 11.3 Å². The van der Waals surface area contributed by atoms with Crippen LogP contribution in [-0.4, -0.2) is 39.5 Å². The maximum Gasteiger partial charge on any atom is 0.222 e. The Kier molecular flexibility index (Phi) is 7.00. The molecule has 1 aliphatic heterocycles. The van der Waals surface area contributed by atoms with Crippen molar-refractivity contribution in [2.24, 2.45) is 0 Å². The maximum atomic E-state index is 13.2. The number of fused-ring (bicyclic) bond motifs is 1. The number of carbonyl (C=O) groups excluding carboxylic acids is 1. The molecule has 0 aliphatic carbocycles. The van der Waals surface area contributed by atoms with E-state index in [9.17, 15) is 4.79 Å². The van der Waals surface area contributed by atoms with Crippen molar-refractivity contribution >= 4 is 27.5 Å². The molecule has 0 saturated carbocycles. The monoisotopic (exact) mass is 415 g/mol. The first-order chi connectivity index (χ1) is 13.7. The number of hydrogen-bond donors (Lipinski definition) is 1. The van der Waals surface area contributed by atoms with Crippen molar-refractivity contribution < 1.29 is 4.79 Å². The van der Waals surface area contributed by atoms with E-state index in [1.807, 2.05) is 6.07 Å². The zero-order chi connectivity index (χ0) is 21.1. The van der Waals surface area contributed by atoms with Gasteiger partial charge in [0.05, 0.1) is 15.2 Å². The molecule has 0 atom stereocenters. The lowest BCUT2D eigenvalue weighted by Gasteiger charge is -2.49. The second-order valence-corrected chi connectivity index (χ2v) is 10.9. The summed E-state index contributed by atoms with van der Waals surface area (Å²) in [5.41, 5.74) is 1.18. The topological polar surface area (TPSA) is 45.2 Å². The van der Waals surface area contributed by atoms with Crippen LogP contribution in [0.3, 0.4) is 0 Å². The Morgan fingerprint density at radius 1 is 1.17 bits per heavy atom. The molecule has 1 aromatic carbocycles. The fourth-order valence-corrected chi connectivity index (χ4v) is 5.90. The van der Waals surface area contributed by atoms with Gasteiger partial charge in [-0.25, -0.2) is 4.98 Å². The highest BCUT2D eigenvalue weighted by Crippen LogP contribution is 2.32. The molecule has 1 aliphatic rings. The number of amides is 1. The van der Waals surface area contributed by atoms with Gasteiger partial charge in [0.2, 0.25) is 5.91 Å². The van der Waals surface area contributed by atoms with Crippen molar-refractivity contribution in [1.82, 2.24) is 15.2 Å². The molecule has 29 heavy (non-hydrogen) atoms. The number of aromatic nitrogens is 1. The van der Waals surface area contributed by atoms with Gasteiger partial charge < -0.3 is 10.2 Å². The minimum Gasteiger partial charge on any atom is -0.340 e. The van der Waals surface area contributed by atoms with E-state index in [0.29, 0.717) is 18.4 Å². The highest BCUT2D eigenvalue weighted by Gasteiger charge is 2.40. The highest BCUT2D eigenvalue weighted by molar-refractivity contribution is 7.18. The first-order valence-corrected chi connectivity index (χ1v) is 11.9. The number of carbonyl (C=O) groups is 1. The Balaban J connectivity index is 1.62. The molecule has 0 bridgehead atoms. The van der Waals surface area contributed by atoms with Gasteiger partial charge in [0, 0.05) is 30.1 Å². The summed E-state index contributed by atoms with van der Waals surface area (Å²) in [4.78, 5) is 20.1. The van der Waals surface area contributed by atoms with Gasteiger partial charge in [-0.05, 0) is 71.9 Å². The van der Waals surface area contributed by atoms with Gasteiger partial charge in [-0.1, -0.05) is 25.5 Å². The third-order valence-corrected chi connectivity index (χ3v) is 6.90. The molecule has 1 saturated heterocycles. The average Bonchev–Trinajstić information content (AvgIpc) is 3.02. The SMILES string of the molecule is CCCCN(C(=O)CCCc1nc2ccccc2s1)C1CC(C)(C)NC(C)(C)C1. The molecule has 2 heterocycles. The number of piperidine rings is 1. The molecular formula is C24H37N3OS. The van der Waals surface area contributed by atoms with Crippen LogP contribution in [0.15, 0.2) is 24.3 Å². The average molecular weight is 416 g/mol. The number of thiazole rings is 1. The van der Waals surface area contributed by atoms with Crippen molar-refractivity contribution in [2.75, 3.05) is 6.54 Å². The van der Waals surface area contributed by atoms with Crippen molar-refractivity contribution in [2.45, 2.75) is 96.7 Å². The summed E-state index contributed by atoms with van der Waals surface area (Å²) in [6, 6.07) is 8.59. The summed E-state index contributed by atoms with van der Waals surface area (Å²) in [7, 11) is 0. The van der Waals surface area contributed by atoms with E-state index in [-0.39, 0.29) is 11.1 Å². The fourth-order valence-electron chi connectivity index (χ4n) is 4.89. The van der Waals surface area contributed by atoms with Crippen molar-refractivity contribution in [3.63, 3.8) is 0 Å². The van der Waals surface area contributed by atoms with Gasteiger partial charge in [0.15, 0.2) is 0 Å². The predicted molar refractivity (Wildman–Crippen MR) is 123 cm³/mol. The molecule has 0 unspecified atom stereocenters. The molecular weight excluding hydrogens is 378 g/mol. The molecule has 1 fully saturated rings. The normalized spacial score (nSPS) is 18.8. The van der Waals surface area contributed by atoms with Crippen LogP contribution < -0.4 is 5.32 Å². The largest absolute Gasteiger partial charge is 0.340 e. The molecule has 2 aromatic rings.